The molecule has 0 fully saturated rings. The van der Waals surface area contributed by atoms with E-state index < -0.39 is 32.5 Å². The average Bonchev–Trinajstić information content (AvgIpc) is 3.17. The normalized spacial score (nSPS) is 13.7. The van der Waals surface area contributed by atoms with E-state index in [9.17, 15) is 19.0 Å². The third kappa shape index (κ3) is 41.4. The Labute approximate surface area is 336 Å². The lowest BCUT2D eigenvalue weighted by Crippen LogP contribution is -2.29. The summed E-state index contributed by atoms with van der Waals surface area (Å²) >= 11 is 0. The van der Waals surface area contributed by atoms with Crippen LogP contribution < -0.4 is 5.73 Å². The van der Waals surface area contributed by atoms with Gasteiger partial charge in [-0.1, -0.05) is 152 Å². The van der Waals surface area contributed by atoms with Crippen LogP contribution in [0.4, 0.5) is 0 Å². The molecular formula is C45H82NO8P. The number of esters is 2. The Hall–Kier alpha value is -2.03. The fourth-order valence-electron chi connectivity index (χ4n) is 5.87. The molecule has 9 nitrogen and oxygen atoms in total. The van der Waals surface area contributed by atoms with E-state index in [0.717, 1.165) is 64.2 Å². The fourth-order valence-corrected chi connectivity index (χ4v) is 6.64. The Kier molecular flexibility index (Phi) is 40.1. The molecule has 0 heterocycles. The van der Waals surface area contributed by atoms with Gasteiger partial charge in [-0.15, -0.1) is 0 Å². The average molecular weight is 796 g/mol. The summed E-state index contributed by atoms with van der Waals surface area (Å²) in [5, 5.41) is 0. The number of phosphoric acid groups is 1. The fraction of sp³-hybridized carbons (Fsp3) is 0.778. The van der Waals surface area contributed by atoms with Gasteiger partial charge in [0, 0.05) is 19.4 Å². The van der Waals surface area contributed by atoms with Gasteiger partial charge >= 0.3 is 19.8 Å². The molecule has 2 atom stereocenters. The lowest BCUT2D eigenvalue weighted by molar-refractivity contribution is -0.161. The number of carbonyl (C=O) groups excluding carboxylic acids is 2. The first-order valence-corrected chi connectivity index (χ1v) is 23.6. The molecular weight excluding hydrogens is 713 g/mol. The van der Waals surface area contributed by atoms with Crippen molar-refractivity contribution in [3.63, 3.8) is 0 Å². The maximum absolute atomic E-state index is 12.6. The molecule has 3 N–H and O–H groups in total. The van der Waals surface area contributed by atoms with Crippen LogP contribution in [0.3, 0.4) is 0 Å². The van der Waals surface area contributed by atoms with Crippen molar-refractivity contribution in [2.75, 3.05) is 26.4 Å². The van der Waals surface area contributed by atoms with E-state index >= 15 is 0 Å². The molecule has 0 aromatic carbocycles. The van der Waals surface area contributed by atoms with Crippen molar-refractivity contribution in [2.24, 2.45) is 5.73 Å². The summed E-state index contributed by atoms with van der Waals surface area (Å²) in [7, 11) is -4.38. The van der Waals surface area contributed by atoms with Crippen molar-refractivity contribution in [1.82, 2.24) is 0 Å². The van der Waals surface area contributed by atoms with E-state index in [2.05, 4.69) is 62.5 Å². The van der Waals surface area contributed by atoms with Gasteiger partial charge in [0.1, 0.15) is 6.61 Å². The predicted octanol–water partition coefficient (Wildman–Crippen LogP) is 12.7. The molecule has 320 valence electrons. The Morgan fingerprint density at radius 3 is 1.45 bits per heavy atom. The van der Waals surface area contributed by atoms with Crippen LogP contribution in [0.5, 0.6) is 0 Å². The smallest absolute Gasteiger partial charge is 0.462 e. The number of allylic oxidation sites excluding steroid dienone is 8. The molecule has 0 aliphatic rings. The minimum atomic E-state index is -4.38. The standard InChI is InChI=1S/C45H82NO8P/c1-3-5-7-9-11-13-15-17-19-21-23-25-27-29-31-33-35-37-44(47)51-41-43(42-53-55(49,50)52-40-39-46)54-45(48)38-36-34-32-30-28-26-24-22-20-18-16-14-12-10-8-6-4-2/h11,13,17-20,23,25,43H,3-10,12,14-16,21-22,24,26-42,46H2,1-2H3,(H,49,50)/b13-11-,19-17-,20-18-,25-23-/t43-/m1/s1. The Morgan fingerprint density at radius 2 is 0.945 bits per heavy atom. The first-order valence-electron chi connectivity index (χ1n) is 22.1. The van der Waals surface area contributed by atoms with E-state index in [-0.39, 0.29) is 32.6 Å². The lowest BCUT2D eigenvalue weighted by atomic mass is 10.1. The summed E-state index contributed by atoms with van der Waals surface area (Å²) in [4.78, 5) is 34.9. The number of nitrogens with two attached hydrogens (primary N) is 1. The topological polar surface area (TPSA) is 134 Å². The number of unbranched alkanes of at least 4 members (excludes halogenated alkanes) is 20. The van der Waals surface area contributed by atoms with Crippen LogP contribution in [0.25, 0.3) is 0 Å². The highest BCUT2D eigenvalue weighted by Crippen LogP contribution is 2.43. The molecule has 0 amide bonds. The Balaban J connectivity index is 4.19. The second kappa shape index (κ2) is 41.6. The van der Waals surface area contributed by atoms with Crippen molar-refractivity contribution in [2.45, 2.75) is 200 Å². The molecule has 1 unspecified atom stereocenters. The molecule has 10 heteroatoms. The zero-order valence-electron chi connectivity index (χ0n) is 35.2. The summed E-state index contributed by atoms with van der Waals surface area (Å²) < 4.78 is 32.8. The molecule has 0 radical (unpaired) electrons. The van der Waals surface area contributed by atoms with Crippen molar-refractivity contribution in [3.8, 4) is 0 Å². The summed E-state index contributed by atoms with van der Waals surface area (Å²) in [6.07, 6.45) is 47.0. The lowest BCUT2D eigenvalue weighted by Gasteiger charge is -2.19. The minimum absolute atomic E-state index is 0.0481. The van der Waals surface area contributed by atoms with Gasteiger partial charge in [0.15, 0.2) is 6.10 Å². The van der Waals surface area contributed by atoms with Crippen molar-refractivity contribution in [1.29, 1.82) is 0 Å². The number of phosphoric ester groups is 1. The van der Waals surface area contributed by atoms with Gasteiger partial charge in [0.05, 0.1) is 13.2 Å². The molecule has 0 bridgehead atoms. The first kappa shape index (κ1) is 53.0. The molecule has 0 rings (SSSR count). The maximum Gasteiger partial charge on any atom is 0.472 e. The van der Waals surface area contributed by atoms with E-state index in [1.54, 1.807) is 0 Å². The number of rotatable bonds is 41. The molecule has 0 spiro atoms. The number of ether oxygens (including phenoxy) is 2. The summed E-state index contributed by atoms with van der Waals surface area (Å²) in [5.41, 5.74) is 5.35. The van der Waals surface area contributed by atoms with Crippen LogP contribution in [0.1, 0.15) is 194 Å². The van der Waals surface area contributed by atoms with Crippen molar-refractivity contribution < 1.29 is 37.6 Å². The molecule has 0 aliphatic heterocycles. The third-order valence-electron chi connectivity index (χ3n) is 9.19. The number of hydrogen-bond acceptors (Lipinski definition) is 8. The molecule has 0 aromatic rings. The van der Waals surface area contributed by atoms with Gasteiger partial charge < -0.3 is 20.1 Å². The molecule has 0 aliphatic carbocycles. The highest BCUT2D eigenvalue weighted by atomic mass is 31.2. The van der Waals surface area contributed by atoms with Crippen LogP contribution in [-0.2, 0) is 32.7 Å². The van der Waals surface area contributed by atoms with Gasteiger partial charge in [-0.2, -0.15) is 0 Å². The van der Waals surface area contributed by atoms with E-state index in [1.165, 1.54) is 89.9 Å². The molecule has 0 aromatic heterocycles. The SMILES string of the molecule is CCCCC/C=C\C/C=C\C/C=C\CCCCCCC(=O)OC[C@H](COP(=O)(O)OCCN)OC(=O)CCCCCCCCC/C=C\CCCCCCCC. The first-order chi connectivity index (χ1) is 26.8. The van der Waals surface area contributed by atoms with Gasteiger partial charge in [0.25, 0.3) is 0 Å². The maximum atomic E-state index is 12.6. The van der Waals surface area contributed by atoms with Gasteiger partial charge in [-0.3, -0.25) is 18.6 Å². The molecule has 0 saturated carbocycles. The second-order valence-electron chi connectivity index (χ2n) is 14.6. The minimum Gasteiger partial charge on any atom is -0.462 e. The monoisotopic (exact) mass is 796 g/mol. The quantitative estimate of drug-likeness (QED) is 0.0268. The predicted molar refractivity (Wildman–Crippen MR) is 229 cm³/mol. The number of carbonyl (C=O) groups is 2. The largest absolute Gasteiger partial charge is 0.472 e. The molecule has 55 heavy (non-hydrogen) atoms. The molecule has 0 saturated heterocycles. The van der Waals surface area contributed by atoms with Crippen LogP contribution in [0.15, 0.2) is 48.6 Å². The van der Waals surface area contributed by atoms with E-state index in [1.807, 2.05) is 0 Å². The summed E-state index contributed by atoms with van der Waals surface area (Å²) in [5.74, 6) is -0.859. The summed E-state index contributed by atoms with van der Waals surface area (Å²) in [6, 6.07) is 0. The third-order valence-corrected chi connectivity index (χ3v) is 10.2. The van der Waals surface area contributed by atoms with Crippen LogP contribution in [0, 0.1) is 0 Å². The van der Waals surface area contributed by atoms with E-state index in [4.69, 9.17) is 24.3 Å². The number of hydrogen-bond donors (Lipinski definition) is 2. The van der Waals surface area contributed by atoms with Gasteiger partial charge in [-0.05, 0) is 77.0 Å². The Morgan fingerprint density at radius 1 is 0.545 bits per heavy atom. The van der Waals surface area contributed by atoms with Gasteiger partial charge in [0.2, 0.25) is 0 Å². The van der Waals surface area contributed by atoms with Crippen molar-refractivity contribution >= 4 is 19.8 Å². The van der Waals surface area contributed by atoms with Crippen LogP contribution in [-0.4, -0.2) is 49.3 Å². The highest BCUT2D eigenvalue weighted by Gasteiger charge is 2.26. The summed E-state index contributed by atoms with van der Waals surface area (Å²) in [6.45, 7) is 3.67. The highest BCUT2D eigenvalue weighted by molar-refractivity contribution is 7.47. The van der Waals surface area contributed by atoms with Crippen LogP contribution >= 0.6 is 7.82 Å². The van der Waals surface area contributed by atoms with Crippen molar-refractivity contribution in [3.05, 3.63) is 48.6 Å². The second-order valence-corrected chi connectivity index (χ2v) is 16.0. The Bertz CT molecular complexity index is 1040. The zero-order chi connectivity index (χ0) is 40.3. The van der Waals surface area contributed by atoms with Crippen LogP contribution in [0.2, 0.25) is 0 Å². The van der Waals surface area contributed by atoms with Gasteiger partial charge in [-0.25, -0.2) is 4.57 Å². The zero-order valence-corrected chi connectivity index (χ0v) is 36.0. The van der Waals surface area contributed by atoms with E-state index in [0.29, 0.717) is 12.8 Å².